The van der Waals surface area contributed by atoms with Crippen molar-refractivity contribution < 1.29 is 24.4 Å². The van der Waals surface area contributed by atoms with Crippen molar-refractivity contribution in [2.45, 2.75) is 12.8 Å². The first-order chi connectivity index (χ1) is 13.0. The van der Waals surface area contributed by atoms with E-state index in [1.165, 1.54) is 24.3 Å². The third-order valence-electron chi connectivity index (χ3n) is 3.42. The number of rotatable bonds is 9. The molecule has 2 rings (SSSR count). The van der Waals surface area contributed by atoms with E-state index in [1.54, 1.807) is 24.3 Å². The Morgan fingerprint density at radius 3 is 2.33 bits per heavy atom. The fourth-order valence-corrected chi connectivity index (χ4v) is 2.10. The molecule has 9 nitrogen and oxygen atoms in total. The lowest BCUT2D eigenvalue weighted by atomic mass is 10.1. The van der Waals surface area contributed by atoms with Crippen LogP contribution in [0.2, 0.25) is 0 Å². The number of carboxylic acids is 1. The Hall–Kier alpha value is -3.75. The molecule has 2 N–H and O–H groups in total. The molecule has 9 heteroatoms. The van der Waals surface area contributed by atoms with Crippen LogP contribution in [-0.2, 0) is 9.59 Å². The van der Waals surface area contributed by atoms with E-state index in [0.29, 0.717) is 17.0 Å². The molecule has 0 aliphatic heterocycles. The number of carboxylic acid groups (broad SMARTS) is 1. The summed E-state index contributed by atoms with van der Waals surface area (Å²) in [7, 11) is 0. The molecule has 1 amide bonds. The number of nitrogens with zero attached hydrogens (tertiary/aromatic N) is 2. The molecule has 0 radical (unpaired) electrons. The zero-order chi connectivity index (χ0) is 19.6. The molecular weight excluding hydrogens is 354 g/mol. The van der Waals surface area contributed by atoms with E-state index in [1.807, 2.05) is 6.07 Å². The third kappa shape index (κ3) is 6.58. The first-order valence-electron chi connectivity index (χ1n) is 7.95. The zero-order valence-corrected chi connectivity index (χ0v) is 14.2. The highest BCUT2D eigenvalue weighted by atomic mass is 16.6. The molecule has 140 valence electrons. The van der Waals surface area contributed by atoms with Gasteiger partial charge in [-0.05, 0) is 17.7 Å². The highest BCUT2D eigenvalue weighted by Crippen LogP contribution is 2.17. The average Bonchev–Trinajstić information content (AvgIpc) is 2.67. The number of amides is 1. The summed E-state index contributed by atoms with van der Waals surface area (Å²) in [6.45, 7) is -0.345. The van der Waals surface area contributed by atoms with E-state index < -0.39 is 16.8 Å². The first-order valence-corrected chi connectivity index (χ1v) is 7.95. The van der Waals surface area contributed by atoms with Crippen LogP contribution < -0.4 is 10.2 Å². The van der Waals surface area contributed by atoms with Gasteiger partial charge in [0.1, 0.15) is 5.75 Å². The van der Waals surface area contributed by atoms with Crippen LogP contribution in [0, 0.1) is 10.1 Å². The van der Waals surface area contributed by atoms with Crippen LogP contribution in [0.15, 0.2) is 59.7 Å². The van der Waals surface area contributed by atoms with Gasteiger partial charge in [-0.25, -0.2) is 5.43 Å². The molecule has 0 aliphatic rings. The predicted molar refractivity (Wildman–Crippen MR) is 96.6 cm³/mol. The summed E-state index contributed by atoms with van der Waals surface area (Å²) in [5, 5.41) is 23.4. The van der Waals surface area contributed by atoms with E-state index in [9.17, 15) is 19.7 Å². The second-order valence-electron chi connectivity index (χ2n) is 5.39. The number of nitrogens with one attached hydrogen (secondary N) is 1. The number of hydrazone groups is 1. The number of hydrogen-bond donors (Lipinski definition) is 2. The van der Waals surface area contributed by atoms with Crippen LogP contribution in [0.25, 0.3) is 0 Å². The van der Waals surface area contributed by atoms with Gasteiger partial charge in [0, 0.05) is 18.6 Å². The molecule has 0 aliphatic carbocycles. The molecule has 0 atom stereocenters. The maximum Gasteiger partial charge on any atom is 0.303 e. The number of nitro benzene ring substituents is 1. The lowest BCUT2D eigenvalue weighted by molar-refractivity contribution is -0.384. The van der Waals surface area contributed by atoms with Crippen LogP contribution in [0.3, 0.4) is 0 Å². The lowest BCUT2D eigenvalue weighted by Gasteiger charge is -2.08. The number of ether oxygens (including phenoxy) is 1. The quantitative estimate of drug-likeness (QED) is 0.395. The Bertz CT molecular complexity index is 834. The van der Waals surface area contributed by atoms with Crippen molar-refractivity contribution in [2.24, 2.45) is 5.10 Å². The topological polar surface area (TPSA) is 131 Å². The number of carbonyl (C=O) groups is 2. The second-order valence-corrected chi connectivity index (χ2v) is 5.39. The smallest absolute Gasteiger partial charge is 0.303 e. The van der Waals surface area contributed by atoms with Crippen LogP contribution in [-0.4, -0.2) is 34.2 Å². The molecule has 0 spiro atoms. The van der Waals surface area contributed by atoms with Crippen LogP contribution in [0.5, 0.6) is 5.75 Å². The molecular formula is C18H17N3O6. The van der Waals surface area contributed by atoms with Crippen molar-refractivity contribution in [2.75, 3.05) is 6.61 Å². The average molecular weight is 371 g/mol. The standard InChI is InChI=1S/C18H17N3O6/c22-17(12-27-15-8-6-14(7-9-15)21(25)26)20-19-16(10-11-18(23)24)13-4-2-1-3-5-13/h1-9H,10-12H2,(H,20,22)(H,23,24). The number of aliphatic carboxylic acids is 1. The van der Waals surface area contributed by atoms with Crippen molar-refractivity contribution in [3.8, 4) is 5.75 Å². The van der Waals surface area contributed by atoms with Crippen molar-refractivity contribution in [1.82, 2.24) is 5.43 Å². The summed E-state index contributed by atoms with van der Waals surface area (Å²) < 4.78 is 5.24. The molecule has 27 heavy (non-hydrogen) atoms. The Labute approximate surface area is 154 Å². The normalized spacial score (nSPS) is 10.9. The fraction of sp³-hybridized carbons (Fsp3) is 0.167. The van der Waals surface area contributed by atoms with Gasteiger partial charge in [0.25, 0.3) is 11.6 Å². The van der Waals surface area contributed by atoms with Gasteiger partial charge < -0.3 is 9.84 Å². The number of nitro groups is 1. The number of benzene rings is 2. The largest absolute Gasteiger partial charge is 0.484 e. The van der Waals surface area contributed by atoms with Crippen LogP contribution in [0.1, 0.15) is 18.4 Å². The molecule has 0 fully saturated rings. The molecule has 0 heterocycles. The van der Waals surface area contributed by atoms with E-state index in [0.717, 1.165) is 0 Å². The van der Waals surface area contributed by atoms with Gasteiger partial charge in [-0.15, -0.1) is 0 Å². The molecule has 0 aromatic heterocycles. The van der Waals surface area contributed by atoms with E-state index in [-0.39, 0.29) is 25.1 Å². The summed E-state index contributed by atoms with van der Waals surface area (Å²) >= 11 is 0. The Kier molecular flexibility index (Phi) is 7.00. The Morgan fingerprint density at radius 2 is 1.74 bits per heavy atom. The Morgan fingerprint density at radius 1 is 1.07 bits per heavy atom. The number of non-ortho nitro benzene ring substituents is 1. The van der Waals surface area contributed by atoms with Gasteiger partial charge in [0.15, 0.2) is 6.61 Å². The van der Waals surface area contributed by atoms with Crippen molar-refractivity contribution in [3.05, 3.63) is 70.3 Å². The molecule has 0 saturated carbocycles. The summed E-state index contributed by atoms with van der Waals surface area (Å²) in [6.07, 6.45) is 0.0335. The summed E-state index contributed by atoms with van der Waals surface area (Å²) in [5.41, 5.74) is 3.38. The summed E-state index contributed by atoms with van der Waals surface area (Å²) in [4.78, 5) is 32.7. The maximum atomic E-state index is 11.9. The maximum absolute atomic E-state index is 11.9. The predicted octanol–water partition coefficient (Wildman–Crippen LogP) is 2.36. The van der Waals surface area contributed by atoms with Crippen LogP contribution in [0.4, 0.5) is 5.69 Å². The number of hydrogen-bond acceptors (Lipinski definition) is 6. The molecule has 0 saturated heterocycles. The van der Waals surface area contributed by atoms with Gasteiger partial charge in [-0.2, -0.15) is 5.10 Å². The van der Waals surface area contributed by atoms with Gasteiger partial charge in [-0.1, -0.05) is 30.3 Å². The van der Waals surface area contributed by atoms with Gasteiger partial charge in [0.2, 0.25) is 0 Å². The SMILES string of the molecule is O=C(O)CCC(=NNC(=O)COc1ccc([N+](=O)[O-])cc1)c1ccccc1. The van der Waals surface area contributed by atoms with E-state index >= 15 is 0 Å². The second kappa shape index (κ2) is 9.66. The minimum Gasteiger partial charge on any atom is -0.484 e. The van der Waals surface area contributed by atoms with E-state index in [2.05, 4.69) is 10.5 Å². The number of carbonyl (C=O) groups excluding carboxylic acids is 1. The van der Waals surface area contributed by atoms with Gasteiger partial charge in [-0.3, -0.25) is 19.7 Å². The zero-order valence-electron chi connectivity index (χ0n) is 14.2. The highest BCUT2D eigenvalue weighted by molar-refractivity contribution is 6.02. The monoisotopic (exact) mass is 371 g/mol. The lowest BCUT2D eigenvalue weighted by Crippen LogP contribution is -2.26. The third-order valence-corrected chi connectivity index (χ3v) is 3.42. The molecule has 2 aromatic rings. The van der Waals surface area contributed by atoms with Gasteiger partial charge in [0.05, 0.1) is 17.1 Å². The summed E-state index contributed by atoms with van der Waals surface area (Å²) in [5.74, 6) is -1.21. The van der Waals surface area contributed by atoms with Crippen molar-refractivity contribution >= 4 is 23.3 Å². The van der Waals surface area contributed by atoms with Crippen molar-refractivity contribution in [1.29, 1.82) is 0 Å². The minimum absolute atomic E-state index is 0.0812. The highest BCUT2D eigenvalue weighted by Gasteiger charge is 2.09. The van der Waals surface area contributed by atoms with E-state index in [4.69, 9.17) is 9.84 Å². The van der Waals surface area contributed by atoms with Gasteiger partial charge >= 0.3 is 5.97 Å². The Balaban J connectivity index is 1.94. The molecule has 2 aromatic carbocycles. The molecule has 0 unspecified atom stereocenters. The fourth-order valence-electron chi connectivity index (χ4n) is 2.10. The van der Waals surface area contributed by atoms with Crippen LogP contribution >= 0.6 is 0 Å². The first kappa shape index (κ1) is 19.6. The summed E-state index contributed by atoms with van der Waals surface area (Å²) in [6, 6.07) is 14.2. The molecule has 0 bridgehead atoms. The minimum atomic E-state index is -0.966. The van der Waals surface area contributed by atoms with Crippen molar-refractivity contribution in [3.63, 3.8) is 0 Å².